The highest BCUT2D eigenvalue weighted by atomic mass is 16.5. The van der Waals surface area contributed by atoms with E-state index in [1.54, 1.807) is 0 Å². The lowest BCUT2D eigenvalue weighted by Gasteiger charge is -2.23. The molecular formula is C24H30N4O. The molecule has 1 aromatic carbocycles. The average molecular weight is 391 g/mol. The van der Waals surface area contributed by atoms with E-state index in [9.17, 15) is 0 Å². The minimum atomic E-state index is 0.0354. The molecule has 0 saturated carbocycles. The normalized spacial score (nSPS) is 17.6. The first-order valence-corrected chi connectivity index (χ1v) is 10.7. The second-order valence-corrected chi connectivity index (χ2v) is 7.55. The molecule has 2 aromatic heterocycles. The van der Waals surface area contributed by atoms with E-state index in [-0.39, 0.29) is 6.23 Å². The minimum Gasteiger partial charge on any atom is -0.356 e. The van der Waals surface area contributed by atoms with Crippen molar-refractivity contribution in [3.63, 3.8) is 0 Å². The summed E-state index contributed by atoms with van der Waals surface area (Å²) in [5.41, 5.74) is 4.28. The first kappa shape index (κ1) is 19.8. The average Bonchev–Trinajstić information content (AvgIpc) is 3.16. The lowest BCUT2D eigenvalue weighted by molar-refractivity contribution is -0.0367. The van der Waals surface area contributed by atoms with E-state index in [0.29, 0.717) is 0 Å². The third kappa shape index (κ3) is 4.57. The molecule has 1 aliphatic rings. The zero-order valence-electron chi connectivity index (χ0n) is 17.4. The van der Waals surface area contributed by atoms with Gasteiger partial charge in [-0.2, -0.15) is 5.10 Å². The highest BCUT2D eigenvalue weighted by Crippen LogP contribution is 2.28. The summed E-state index contributed by atoms with van der Waals surface area (Å²) in [5, 5.41) is 6.03. The van der Waals surface area contributed by atoms with Crippen LogP contribution in [-0.2, 0) is 11.3 Å². The molecule has 0 aliphatic carbocycles. The first-order chi connectivity index (χ1) is 14.3. The van der Waals surface area contributed by atoms with Gasteiger partial charge in [-0.05, 0) is 62.2 Å². The lowest BCUT2D eigenvalue weighted by atomic mass is 10.1. The molecule has 1 fully saturated rings. The second-order valence-electron chi connectivity index (χ2n) is 7.55. The van der Waals surface area contributed by atoms with Crippen LogP contribution in [0.2, 0.25) is 0 Å². The molecule has 1 atom stereocenters. The Morgan fingerprint density at radius 3 is 2.69 bits per heavy atom. The molecule has 5 nitrogen and oxygen atoms in total. The van der Waals surface area contributed by atoms with Crippen LogP contribution in [0.3, 0.4) is 0 Å². The van der Waals surface area contributed by atoms with Crippen LogP contribution >= 0.6 is 0 Å². The van der Waals surface area contributed by atoms with Gasteiger partial charge in [-0.15, -0.1) is 0 Å². The predicted octanol–water partition coefficient (Wildman–Crippen LogP) is 5.14. The SMILES string of the molecule is CCN(CC)Cc1ccc(/C=C/c2nn(C3CCCCO3)c3ccccc23)nc1. The molecular weight excluding hydrogens is 360 g/mol. The summed E-state index contributed by atoms with van der Waals surface area (Å²) in [6.45, 7) is 8.25. The van der Waals surface area contributed by atoms with Crippen molar-refractivity contribution in [2.24, 2.45) is 0 Å². The number of aromatic nitrogens is 3. The van der Waals surface area contributed by atoms with Gasteiger partial charge in [0.25, 0.3) is 0 Å². The van der Waals surface area contributed by atoms with Gasteiger partial charge in [-0.3, -0.25) is 9.88 Å². The number of nitrogens with zero attached hydrogens (tertiary/aromatic N) is 4. The van der Waals surface area contributed by atoms with Crippen LogP contribution in [0.25, 0.3) is 23.1 Å². The molecule has 29 heavy (non-hydrogen) atoms. The van der Waals surface area contributed by atoms with Gasteiger partial charge in [-0.25, -0.2) is 4.68 Å². The summed E-state index contributed by atoms with van der Waals surface area (Å²) in [5.74, 6) is 0. The van der Waals surface area contributed by atoms with Crippen molar-refractivity contribution >= 4 is 23.1 Å². The van der Waals surface area contributed by atoms with E-state index >= 15 is 0 Å². The molecule has 5 heteroatoms. The number of rotatable bonds is 7. The van der Waals surface area contributed by atoms with Gasteiger partial charge in [-0.1, -0.05) is 38.1 Å². The molecule has 1 aliphatic heterocycles. The molecule has 0 amide bonds. The van der Waals surface area contributed by atoms with Crippen molar-refractivity contribution in [3.8, 4) is 0 Å². The van der Waals surface area contributed by atoms with Crippen LogP contribution in [0.1, 0.15) is 56.3 Å². The molecule has 4 rings (SSSR count). The summed E-state index contributed by atoms with van der Waals surface area (Å²) >= 11 is 0. The molecule has 0 spiro atoms. The number of fused-ring (bicyclic) bond motifs is 1. The van der Waals surface area contributed by atoms with Gasteiger partial charge in [0, 0.05) is 24.7 Å². The van der Waals surface area contributed by atoms with Crippen LogP contribution in [0.15, 0.2) is 42.6 Å². The maximum atomic E-state index is 5.97. The molecule has 3 heterocycles. The zero-order chi connectivity index (χ0) is 20.1. The largest absolute Gasteiger partial charge is 0.356 e. The Labute approximate surface area is 173 Å². The Kier molecular flexibility index (Phi) is 6.37. The third-order valence-electron chi connectivity index (χ3n) is 5.63. The number of hydrogen-bond donors (Lipinski definition) is 0. The van der Waals surface area contributed by atoms with Crippen LogP contribution in [-0.4, -0.2) is 39.4 Å². The highest BCUT2D eigenvalue weighted by molar-refractivity contribution is 5.89. The van der Waals surface area contributed by atoms with Crippen LogP contribution in [0.4, 0.5) is 0 Å². The van der Waals surface area contributed by atoms with Crippen LogP contribution < -0.4 is 0 Å². The summed E-state index contributed by atoms with van der Waals surface area (Å²) in [4.78, 5) is 7.01. The number of hydrogen-bond acceptors (Lipinski definition) is 4. The Bertz CT molecular complexity index is 951. The number of benzene rings is 1. The topological polar surface area (TPSA) is 43.2 Å². The van der Waals surface area contributed by atoms with E-state index < -0.39 is 0 Å². The van der Waals surface area contributed by atoms with Gasteiger partial charge in [0.2, 0.25) is 0 Å². The Balaban J connectivity index is 1.55. The quantitative estimate of drug-likeness (QED) is 0.560. The summed E-state index contributed by atoms with van der Waals surface area (Å²) in [6, 6.07) is 12.6. The smallest absolute Gasteiger partial charge is 0.150 e. The van der Waals surface area contributed by atoms with Gasteiger partial charge in [0.1, 0.15) is 0 Å². The van der Waals surface area contributed by atoms with Crippen molar-refractivity contribution in [1.82, 2.24) is 19.7 Å². The summed E-state index contributed by atoms with van der Waals surface area (Å²) in [6.07, 6.45) is 9.46. The fourth-order valence-electron chi connectivity index (χ4n) is 3.87. The van der Waals surface area contributed by atoms with Gasteiger partial charge in [0.15, 0.2) is 6.23 Å². The first-order valence-electron chi connectivity index (χ1n) is 10.7. The molecule has 0 N–H and O–H groups in total. The van der Waals surface area contributed by atoms with Crippen molar-refractivity contribution in [2.45, 2.75) is 45.9 Å². The molecule has 152 valence electrons. The van der Waals surface area contributed by atoms with Gasteiger partial charge >= 0.3 is 0 Å². The maximum absolute atomic E-state index is 5.97. The minimum absolute atomic E-state index is 0.0354. The fraction of sp³-hybridized carbons (Fsp3) is 0.417. The zero-order valence-corrected chi connectivity index (χ0v) is 17.4. The molecule has 0 bridgehead atoms. The van der Waals surface area contributed by atoms with Crippen molar-refractivity contribution in [3.05, 3.63) is 59.5 Å². The maximum Gasteiger partial charge on any atom is 0.150 e. The Hall–Kier alpha value is -2.50. The van der Waals surface area contributed by atoms with E-state index in [4.69, 9.17) is 9.84 Å². The van der Waals surface area contributed by atoms with Crippen molar-refractivity contribution in [2.75, 3.05) is 19.7 Å². The van der Waals surface area contributed by atoms with E-state index in [1.165, 1.54) is 12.0 Å². The Morgan fingerprint density at radius 1 is 1.10 bits per heavy atom. The lowest BCUT2D eigenvalue weighted by Crippen LogP contribution is -2.22. The Morgan fingerprint density at radius 2 is 1.97 bits per heavy atom. The third-order valence-corrected chi connectivity index (χ3v) is 5.63. The number of pyridine rings is 1. The van der Waals surface area contributed by atoms with Gasteiger partial charge in [0.05, 0.1) is 16.9 Å². The second kappa shape index (κ2) is 9.33. The van der Waals surface area contributed by atoms with Crippen molar-refractivity contribution in [1.29, 1.82) is 0 Å². The fourth-order valence-corrected chi connectivity index (χ4v) is 3.87. The predicted molar refractivity (Wildman–Crippen MR) is 118 cm³/mol. The molecule has 1 unspecified atom stereocenters. The van der Waals surface area contributed by atoms with E-state index in [0.717, 1.165) is 61.4 Å². The summed E-state index contributed by atoms with van der Waals surface area (Å²) < 4.78 is 8.02. The van der Waals surface area contributed by atoms with Crippen LogP contribution in [0.5, 0.6) is 0 Å². The number of ether oxygens (including phenoxy) is 1. The molecule has 1 saturated heterocycles. The standard InChI is InChI=1S/C24H30N4O/c1-3-27(4-2)18-19-12-13-20(25-17-19)14-15-22-21-9-5-6-10-23(21)28(26-22)24-11-7-8-16-29-24/h5-6,9-10,12-15,17,24H,3-4,7-8,11,16,18H2,1-2H3/b15-14+. The number of para-hydroxylation sites is 1. The van der Waals surface area contributed by atoms with E-state index in [2.05, 4.69) is 70.9 Å². The van der Waals surface area contributed by atoms with Crippen molar-refractivity contribution < 1.29 is 4.74 Å². The van der Waals surface area contributed by atoms with Crippen LogP contribution in [0, 0.1) is 0 Å². The monoisotopic (exact) mass is 390 g/mol. The highest BCUT2D eigenvalue weighted by Gasteiger charge is 2.20. The summed E-state index contributed by atoms with van der Waals surface area (Å²) in [7, 11) is 0. The van der Waals surface area contributed by atoms with E-state index in [1.807, 2.05) is 12.3 Å². The molecule has 0 radical (unpaired) electrons. The van der Waals surface area contributed by atoms with Gasteiger partial charge < -0.3 is 4.74 Å². The molecule has 3 aromatic rings.